The van der Waals surface area contributed by atoms with Crippen LogP contribution in [-0.4, -0.2) is 24.2 Å². The molecule has 4 heteroatoms. The summed E-state index contributed by atoms with van der Waals surface area (Å²) in [7, 11) is 0. The fourth-order valence-corrected chi connectivity index (χ4v) is 3.54. The van der Waals surface area contributed by atoms with Gasteiger partial charge in [0, 0.05) is 37.4 Å². The molecule has 3 heterocycles. The van der Waals surface area contributed by atoms with Gasteiger partial charge in [0.15, 0.2) is 0 Å². The summed E-state index contributed by atoms with van der Waals surface area (Å²) in [5.41, 5.74) is 1.34. The predicted octanol–water partition coefficient (Wildman–Crippen LogP) is 1.90. The van der Waals surface area contributed by atoms with Crippen LogP contribution in [0.5, 0.6) is 0 Å². The first-order valence-electron chi connectivity index (χ1n) is 6.21. The highest BCUT2D eigenvalue weighted by Gasteiger charge is 2.18. The van der Waals surface area contributed by atoms with Crippen LogP contribution in [0.4, 0.5) is 0 Å². The minimum absolute atomic E-state index is 0.499. The third kappa shape index (κ3) is 2.29. The van der Waals surface area contributed by atoms with Gasteiger partial charge >= 0.3 is 0 Å². The third-order valence-corrected chi connectivity index (χ3v) is 4.51. The zero-order chi connectivity index (χ0) is 10.8. The molecule has 0 amide bonds. The molecule has 0 saturated carbocycles. The normalized spacial score (nSPS) is 24.6. The second-order valence-corrected chi connectivity index (χ2v) is 5.75. The lowest BCUT2D eigenvalue weighted by atomic mass is 10.1. The quantitative estimate of drug-likeness (QED) is 0.873. The molecule has 1 aromatic rings. The molecule has 1 saturated heterocycles. The molecule has 0 radical (unpaired) electrons. The van der Waals surface area contributed by atoms with E-state index in [1.54, 1.807) is 0 Å². The molecule has 0 bridgehead atoms. The van der Waals surface area contributed by atoms with Crippen LogP contribution in [0.25, 0.3) is 0 Å². The topological polar surface area (TPSA) is 34.1 Å². The average molecular weight is 238 g/mol. The molecule has 1 aromatic heterocycles. The van der Waals surface area contributed by atoms with Crippen molar-refractivity contribution in [3.63, 3.8) is 0 Å². The molecule has 16 heavy (non-hydrogen) atoms. The Balaban J connectivity index is 1.59. The molecule has 3 rings (SSSR count). The Morgan fingerprint density at radius 1 is 1.50 bits per heavy atom. The van der Waals surface area contributed by atoms with E-state index in [0.717, 1.165) is 39.0 Å². The highest BCUT2D eigenvalue weighted by molar-refractivity contribution is 7.11. The van der Waals surface area contributed by atoms with Crippen molar-refractivity contribution in [2.24, 2.45) is 0 Å². The smallest absolute Gasteiger partial charge is 0.0932 e. The van der Waals surface area contributed by atoms with Crippen LogP contribution >= 0.6 is 11.3 Å². The predicted molar refractivity (Wildman–Crippen MR) is 64.8 cm³/mol. The first kappa shape index (κ1) is 10.7. The van der Waals surface area contributed by atoms with Crippen LogP contribution in [0.1, 0.15) is 34.8 Å². The maximum atomic E-state index is 5.64. The molecule has 1 unspecified atom stereocenters. The van der Waals surface area contributed by atoms with Crippen molar-refractivity contribution in [3.8, 4) is 0 Å². The SMILES string of the molecule is C1COC(CCc2nc3c(s2)CNCC3)C1. The van der Waals surface area contributed by atoms with E-state index in [1.165, 1.54) is 28.4 Å². The molecule has 2 aliphatic rings. The minimum Gasteiger partial charge on any atom is -0.378 e. The first-order chi connectivity index (χ1) is 7.92. The van der Waals surface area contributed by atoms with Gasteiger partial charge in [-0.25, -0.2) is 4.98 Å². The van der Waals surface area contributed by atoms with Gasteiger partial charge in [-0.2, -0.15) is 0 Å². The number of ether oxygens (including phenoxy) is 1. The lowest BCUT2D eigenvalue weighted by Gasteiger charge is -2.09. The monoisotopic (exact) mass is 238 g/mol. The van der Waals surface area contributed by atoms with Crippen molar-refractivity contribution in [1.82, 2.24) is 10.3 Å². The van der Waals surface area contributed by atoms with Crippen molar-refractivity contribution in [2.75, 3.05) is 13.2 Å². The zero-order valence-electron chi connectivity index (χ0n) is 9.50. The highest BCUT2D eigenvalue weighted by Crippen LogP contribution is 2.24. The van der Waals surface area contributed by atoms with Crippen molar-refractivity contribution < 1.29 is 4.74 Å². The molecule has 0 spiro atoms. The summed E-state index contributed by atoms with van der Waals surface area (Å²) >= 11 is 1.89. The fourth-order valence-electron chi connectivity index (χ4n) is 2.44. The van der Waals surface area contributed by atoms with E-state index in [9.17, 15) is 0 Å². The summed E-state index contributed by atoms with van der Waals surface area (Å²) in [6, 6.07) is 0. The molecule has 88 valence electrons. The number of rotatable bonds is 3. The Hall–Kier alpha value is -0.450. The lowest BCUT2D eigenvalue weighted by Crippen LogP contribution is -2.22. The first-order valence-corrected chi connectivity index (χ1v) is 7.03. The molecular formula is C12H18N2OS. The second kappa shape index (κ2) is 4.82. The van der Waals surface area contributed by atoms with Crippen LogP contribution < -0.4 is 5.32 Å². The van der Waals surface area contributed by atoms with E-state index < -0.39 is 0 Å². The Morgan fingerprint density at radius 3 is 3.31 bits per heavy atom. The van der Waals surface area contributed by atoms with Gasteiger partial charge in [-0.3, -0.25) is 0 Å². The largest absolute Gasteiger partial charge is 0.378 e. The molecule has 0 aromatic carbocycles. The van der Waals surface area contributed by atoms with Crippen LogP contribution in [0.3, 0.4) is 0 Å². The lowest BCUT2D eigenvalue weighted by molar-refractivity contribution is 0.104. The molecular weight excluding hydrogens is 220 g/mol. The molecule has 1 atom stereocenters. The molecule has 1 fully saturated rings. The fraction of sp³-hybridized carbons (Fsp3) is 0.750. The Kier molecular flexibility index (Phi) is 3.22. The Morgan fingerprint density at radius 2 is 2.50 bits per heavy atom. The summed E-state index contributed by atoms with van der Waals surface area (Å²) in [4.78, 5) is 6.19. The number of fused-ring (bicyclic) bond motifs is 1. The van der Waals surface area contributed by atoms with Crippen molar-refractivity contribution in [1.29, 1.82) is 0 Å². The molecule has 0 aliphatic carbocycles. The Labute approximate surface area is 100 Å². The van der Waals surface area contributed by atoms with Crippen LogP contribution in [0.15, 0.2) is 0 Å². The van der Waals surface area contributed by atoms with Gasteiger partial charge in [0.1, 0.15) is 0 Å². The minimum atomic E-state index is 0.499. The van der Waals surface area contributed by atoms with Gasteiger partial charge in [0.2, 0.25) is 0 Å². The number of aryl methyl sites for hydroxylation is 1. The summed E-state index contributed by atoms with van der Waals surface area (Å²) in [6.07, 6.45) is 6.34. The van der Waals surface area contributed by atoms with Gasteiger partial charge in [-0.15, -0.1) is 11.3 Å². The number of nitrogens with zero attached hydrogens (tertiary/aromatic N) is 1. The number of thiazole rings is 1. The summed E-state index contributed by atoms with van der Waals surface area (Å²) in [6.45, 7) is 3.07. The van der Waals surface area contributed by atoms with Crippen molar-refractivity contribution in [2.45, 2.75) is 44.8 Å². The number of aromatic nitrogens is 1. The van der Waals surface area contributed by atoms with Gasteiger partial charge in [0.25, 0.3) is 0 Å². The summed E-state index contributed by atoms with van der Waals surface area (Å²) in [5.74, 6) is 0. The molecule has 3 nitrogen and oxygen atoms in total. The summed E-state index contributed by atoms with van der Waals surface area (Å²) < 4.78 is 5.64. The third-order valence-electron chi connectivity index (χ3n) is 3.35. The van der Waals surface area contributed by atoms with E-state index >= 15 is 0 Å². The van der Waals surface area contributed by atoms with Gasteiger partial charge < -0.3 is 10.1 Å². The van der Waals surface area contributed by atoms with Crippen molar-refractivity contribution in [3.05, 3.63) is 15.6 Å². The average Bonchev–Trinajstić information content (AvgIpc) is 2.95. The Bertz CT molecular complexity index is 334. The van der Waals surface area contributed by atoms with Gasteiger partial charge in [0.05, 0.1) is 16.8 Å². The van der Waals surface area contributed by atoms with E-state index in [2.05, 4.69) is 5.32 Å². The number of hydrogen-bond acceptors (Lipinski definition) is 4. The van der Waals surface area contributed by atoms with Gasteiger partial charge in [-0.1, -0.05) is 0 Å². The van der Waals surface area contributed by atoms with Crippen LogP contribution in [0.2, 0.25) is 0 Å². The van der Waals surface area contributed by atoms with Crippen LogP contribution in [0, 0.1) is 0 Å². The number of nitrogens with one attached hydrogen (secondary N) is 1. The van der Waals surface area contributed by atoms with Gasteiger partial charge in [-0.05, 0) is 19.3 Å². The standard InChI is InChI=1S/C12H18N2OS/c1-2-9(15-7-1)3-4-12-14-10-5-6-13-8-11(10)16-12/h9,13H,1-8H2. The highest BCUT2D eigenvalue weighted by atomic mass is 32.1. The van der Waals surface area contributed by atoms with Crippen LogP contribution in [-0.2, 0) is 24.1 Å². The van der Waals surface area contributed by atoms with Crippen molar-refractivity contribution >= 4 is 11.3 Å². The molecule has 2 aliphatic heterocycles. The van der Waals surface area contributed by atoms with E-state index in [0.29, 0.717) is 6.10 Å². The second-order valence-electron chi connectivity index (χ2n) is 4.58. The molecule has 1 N–H and O–H groups in total. The van der Waals surface area contributed by atoms with E-state index in [1.807, 2.05) is 11.3 Å². The zero-order valence-corrected chi connectivity index (χ0v) is 10.3. The maximum Gasteiger partial charge on any atom is 0.0932 e. The van der Waals surface area contributed by atoms with E-state index in [-0.39, 0.29) is 0 Å². The van der Waals surface area contributed by atoms with E-state index in [4.69, 9.17) is 9.72 Å². The number of hydrogen-bond donors (Lipinski definition) is 1. The summed E-state index contributed by atoms with van der Waals surface area (Å²) in [5, 5.41) is 4.71. The maximum absolute atomic E-state index is 5.64.